The van der Waals surface area contributed by atoms with Gasteiger partial charge in [0.15, 0.2) is 0 Å². The summed E-state index contributed by atoms with van der Waals surface area (Å²) >= 11 is 1.12. The van der Waals surface area contributed by atoms with E-state index in [0.29, 0.717) is 5.56 Å². The molecular formula is C15H17FN4O3S. The smallest absolute Gasteiger partial charge is 0.277 e. The van der Waals surface area contributed by atoms with Gasteiger partial charge in [-0.2, -0.15) is 0 Å². The van der Waals surface area contributed by atoms with Crippen LogP contribution in [0.5, 0.6) is 0 Å². The van der Waals surface area contributed by atoms with Gasteiger partial charge < -0.3 is 15.1 Å². The van der Waals surface area contributed by atoms with Gasteiger partial charge >= 0.3 is 0 Å². The summed E-state index contributed by atoms with van der Waals surface area (Å²) in [5.74, 6) is -0.524. The van der Waals surface area contributed by atoms with Crippen molar-refractivity contribution in [1.29, 1.82) is 0 Å². The molecule has 24 heavy (non-hydrogen) atoms. The van der Waals surface area contributed by atoms with E-state index in [0.717, 1.165) is 11.8 Å². The number of nitrogens with zero attached hydrogens (tertiary/aromatic N) is 2. The Morgan fingerprint density at radius 3 is 2.62 bits per heavy atom. The summed E-state index contributed by atoms with van der Waals surface area (Å²) in [6, 6.07) is 5.25. The second kappa shape index (κ2) is 8.44. The van der Waals surface area contributed by atoms with Crippen molar-refractivity contribution in [2.45, 2.75) is 31.7 Å². The normalized spacial score (nSPS) is 10.7. The van der Waals surface area contributed by atoms with Gasteiger partial charge in [-0.05, 0) is 38.1 Å². The van der Waals surface area contributed by atoms with Crippen LogP contribution in [0.1, 0.15) is 30.1 Å². The highest BCUT2D eigenvalue weighted by molar-refractivity contribution is 7.99. The average Bonchev–Trinajstić information content (AvgIpc) is 2.98. The number of benzene rings is 1. The maximum atomic E-state index is 12.8. The van der Waals surface area contributed by atoms with Crippen molar-refractivity contribution in [3.8, 4) is 0 Å². The lowest BCUT2D eigenvalue weighted by Gasteiger charge is -2.06. The van der Waals surface area contributed by atoms with Crippen LogP contribution in [-0.4, -0.2) is 33.8 Å². The number of hydrogen-bond donors (Lipinski definition) is 2. The van der Waals surface area contributed by atoms with Gasteiger partial charge in [0.1, 0.15) is 5.82 Å². The van der Waals surface area contributed by atoms with E-state index in [1.54, 1.807) is 0 Å². The van der Waals surface area contributed by atoms with E-state index >= 15 is 0 Å². The van der Waals surface area contributed by atoms with E-state index < -0.39 is 5.82 Å². The predicted octanol–water partition coefficient (Wildman–Crippen LogP) is 1.76. The number of thioether (sulfide) groups is 1. The number of halogens is 1. The maximum Gasteiger partial charge on any atom is 0.277 e. The monoisotopic (exact) mass is 352 g/mol. The third-order valence-corrected chi connectivity index (χ3v) is 3.55. The Morgan fingerprint density at radius 1 is 1.25 bits per heavy atom. The minimum Gasteiger partial charge on any atom is -0.414 e. The van der Waals surface area contributed by atoms with Crippen molar-refractivity contribution in [3.63, 3.8) is 0 Å². The third kappa shape index (κ3) is 5.65. The number of hydrogen-bond acceptors (Lipinski definition) is 6. The molecule has 0 radical (unpaired) electrons. The van der Waals surface area contributed by atoms with Crippen LogP contribution in [0.25, 0.3) is 0 Å². The molecule has 0 spiro atoms. The molecule has 1 aromatic carbocycles. The van der Waals surface area contributed by atoms with Crippen LogP contribution in [0.15, 0.2) is 33.9 Å². The molecule has 0 aliphatic rings. The molecule has 2 N–H and O–H groups in total. The Morgan fingerprint density at radius 2 is 1.96 bits per heavy atom. The van der Waals surface area contributed by atoms with Crippen LogP contribution in [0.2, 0.25) is 0 Å². The average molecular weight is 352 g/mol. The van der Waals surface area contributed by atoms with Crippen molar-refractivity contribution >= 4 is 23.6 Å². The maximum absolute atomic E-state index is 12.8. The molecular weight excluding hydrogens is 335 g/mol. The molecule has 2 amide bonds. The molecule has 1 heterocycles. The molecule has 0 unspecified atom stereocenters. The fraction of sp³-hybridized carbons (Fsp3) is 0.333. The van der Waals surface area contributed by atoms with Crippen molar-refractivity contribution in [2.75, 3.05) is 5.75 Å². The van der Waals surface area contributed by atoms with Crippen molar-refractivity contribution in [2.24, 2.45) is 0 Å². The summed E-state index contributed by atoms with van der Waals surface area (Å²) < 4.78 is 18.1. The number of amides is 2. The first kappa shape index (κ1) is 17.9. The lowest BCUT2D eigenvalue weighted by atomic mass is 10.2. The first-order chi connectivity index (χ1) is 11.4. The largest absolute Gasteiger partial charge is 0.414 e. The van der Waals surface area contributed by atoms with Crippen LogP contribution in [-0.2, 0) is 11.3 Å². The molecule has 0 saturated heterocycles. The fourth-order valence-electron chi connectivity index (χ4n) is 1.72. The first-order valence-corrected chi connectivity index (χ1v) is 8.21. The molecule has 2 aromatic rings. The van der Waals surface area contributed by atoms with E-state index in [9.17, 15) is 14.0 Å². The molecule has 9 heteroatoms. The zero-order chi connectivity index (χ0) is 17.5. The molecule has 0 aliphatic carbocycles. The molecule has 2 rings (SSSR count). The van der Waals surface area contributed by atoms with Crippen LogP contribution >= 0.6 is 11.8 Å². The molecule has 7 nitrogen and oxygen atoms in total. The number of carbonyl (C=O) groups excluding carboxylic acids is 2. The van der Waals surface area contributed by atoms with Crippen molar-refractivity contribution in [1.82, 2.24) is 20.8 Å². The highest BCUT2D eigenvalue weighted by Crippen LogP contribution is 2.15. The van der Waals surface area contributed by atoms with Crippen molar-refractivity contribution < 1.29 is 18.4 Å². The Kier molecular flexibility index (Phi) is 6.30. The van der Waals surface area contributed by atoms with Gasteiger partial charge in [-0.1, -0.05) is 11.8 Å². The summed E-state index contributed by atoms with van der Waals surface area (Å²) in [4.78, 5) is 23.4. The molecule has 1 aromatic heterocycles. The molecule has 0 aliphatic heterocycles. The van der Waals surface area contributed by atoms with E-state index in [1.807, 2.05) is 13.8 Å². The SMILES string of the molecule is CC(C)NC(=O)CSc1nnc(CNC(=O)c2ccc(F)cc2)o1. The van der Waals surface area contributed by atoms with Crippen LogP contribution < -0.4 is 10.6 Å². The van der Waals surface area contributed by atoms with Gasteiger partial charge in [0.05, 0.1) is 12.3 Å². The molecule has 0 bridgehead atoms. The Bertz CT molecular complexity index is 703. The quantitative estimate of drug-likeness (QED) is 0.737. The second-order valence-electron chi connectivity index (χ2n) is 5.16. The van der Waals surface area contributed by atoms with Gasteiger partial charge in [-0.15, -0.1) is 10.2 Å². The van der Waals surface area contributed by atoms with E-state index in [4.69, 9.17) is 4.42 Å². The summed E-state index contributed by atoms with van der Waals surface area (Å²) in [5, 5.41) is 13.2. The number of aromatic nitrogens is 2. The summed E-state index contributed by atoms with van der Waals surface area (Å²) in [7, 11) is 0. The first-order valence-electron chi connectivity index (χ1n) is 7.22. The summed E-state index contributed by atoms with van der Waals surface area (Å²) in [5.41, 5.74) is 0.330. The number of nitrogens with one attached hydrogen (secondary N) is 2. The summed E-state index contributed by atoms with van der Waals surface area (Å²) in [6.07, 6.45) is 0. The zero-order valence-corrected chi connectivity index (χ0v) is 14.0. The number of carbonyl (C=O) groups is 2. The lowest BCUT2D eigenvalue weighted by Crippen LogP contribution is -2.31. The molecule has 0 fully saturated rings. The van der Waals surface area contributed by atoms with Gasteiger partial charge in [-0.3, -0.25) is 9.59 Å². The van der Waals surface area contributed by atoms with E-state index in [2.05, 4.69) is 20.8 Å². The zero-order valence-electron chi connectivity index (χ0n) is 13.2. The van der Waals surface area contributed by atoms with Gasteiger partial charge in [-0.25, -0.2) is 4.39 Å². The van der Waals surface area contributed by atoms with E-state index in [-0.39, 0.29) is 41.3 Å². The standard InChI is InChI=1S/C15H17FN4O3S/c1-9(2)18-12(21)8-24-15-20-19-13(23-15)7-17-14(22)10-3-5-11(16)6-4-10/h3-6,9H,7-8H2,1-2H3,(H,17,22)(H,18,21). The Balaban J connectivity index is 1.80. The second-order valence-corrected chi connectivity index (χ2v) is 6.09. The van der Waals surface area contributed by atoms with Crippen LogP contribution in [0.3, 0.4) is 0 Å². The van der Waals surface area contributed by atoms with Crippen LogP contribution in [0.4, 0.5) is 4.39 Å². The Labute approximate surface area is 142 Å². The predicted molar refractivity (Wildman–Crippen MR) is 85.9 cm³/mol. The minimum atomic E-state index is -0.411. The van der Waals surface area contributed by atoms with E-state index in [1.165, 1.54) is 24.3 Å². The highest BCUT2D eigenvalue weighted by Gasteiger charge is 2.12. The molecule has 128 valence electrons. The van der Waals surface area contributed by atoms with Gasteiger partial charge in [0.25, 0.3) is 11.1 Å². The fourth-order valence-corrected chi connectivity index (χ4v) is 2.31. The highest BCUT2D eigenvalue weighted by atomic mass is 32.2. The minimum absolute atomic E-state index is 0.0436. The molecule has 0 saturated carbocycles. The summed E-state index contributed by atoms with van der Waals surface area (Å²) in [6.45, 7) is 3.79. The third-order valence-electron chi connectivity index (χ3n) is 2.73. The lowest BCUT2D eigenvalue weighted by molar-refractivity contribution is -0.119. The number of rotatable bonds is 7. The van der Waals surface area contributed by atoms with Crippen LogP contribution in [0, 0.1) is 5.82 Å². The van der Waals surface area contributed by atoms with Gasteiger partial charge in [0, 0.05) is 11.6 Å². The Hall–Kier alpha value is -2.42. The van der Waals surface area contributed by atoms with Gasteiger partial charge in [0.2, 0.25) is 11.8 Å². The van der Waals surface area contributed by atoms with Crippen molar-refractivity contribution in [3.05, 3.63) is 41.5 Å². The topological polar surface area (TPSA) is 97.1 Å². The molecule has 0 atom stereocenters.